The fraction of sp³-hybridized carbons (Fsp3) is 0.0571. The number of para-hydroxylation sites is 3. The van der Waals surface area contributed by atoms with Crippen molar-refractivity contribution in [3.8, 4) is 28.1 Å². The highest BCUT2D eigenvalue weighted by atomic mass is 32.2. The normalized spacial score (nSPS) is 12.6. The van der Waals surface area contributed by atoms with Crippen LogP contribution < -0.4 is 9.64 Å². The zero-order valence-electron chi connectivity index (χ0n) is 23.0. The van der Waals surface area contributed by atoms with E-state index >= 15 is 0 Å². The van der Waals surface area contributed by atoms with Crippen molar-refractivity contribution >= 4 is 49.6 Å². The molecular weight excluding hydrogens is 561 g/mol. The van der Waals surface area contributed by atoms with Crippen LogP contribution in [-0.4, -0.2) is 26.8 Å². The van der Waals surface area contributed by atoms with Gasteiger partial charge in [-0.3, -0.25) is 0 Å². The van der Waals surface area contributed by atoms with E-state index in [-0.39, 0.29) is 4.90 Å². The molecular formula is C35H26N2O3S2. The molecule has 0 amide bonds. The number of pyridine rings is 1. The van der Waals surface area contributed by atoms with Crippen LogP contribution in [0.5, 0.6) is 5.75 Å². The molecule has 0 saturated carbocycles. The Kier molecular flexibility index (Phi) is 6.49. The molecule has 5 nitrogen and oxygen atoms in total. The number of ether oxygens (including phenoxy) is 1. The van der Waals surface area contributed by atoms with Crippen LogP contribution in [0.4, 0.5) is 17.1 Å². The molecule has 42 heavy (non-hydrogen) atoms. The molecule has 0 bridgehead atoms. The zero-order valence-corrected chi connectivity index (χ0v) is 24.6. The number of benzene rings is 5. The molecule has 0 saturated heterocycles. The fourth-order valence-corrected chi connectivity index (χ4v) is 7.10. The van der Waals surface area contributed by atoms with Crippen LogP contribution in [0.1, 0.15) is 0 Å². The van der Waals surface area contributed by atoms with Crippen LogP contribution in [0.2, 0.25) is 0 Å². The van der Waals surface area contributed by atoms with Crippen LogP contribution in [-0.2, 0) is 9.84 Å². The Morgan fingerprint density at radius 3 is 1.90 bits per heavy atom. The van der Waals surface area contributed by atoms with Gasteiger partial charge in [0, 0.05) is 27.0 Å². The summed E-state index contributed by atoms with van der Waals surface area (Å²) in [5.41, 5.74) is 7.68. The van der Waals surface area contributed by atoms with Crippen molar-refractivity contribution in [2.45, 2.75) is 14.7 Å². The van der Waals surface area contributed by atoms with Crippen LogP contribution in [0.15, 0.2) is 136 Å². The molecule has 0 N–H and O–H groups in total. The molecule has 1 aliphatic rings. The predicted molar refractivity (Wildman–Crippen MR) is 171 cm³/mol. The summed E-state index contributed by atoms with van der Waals surface area (Å²) in [5, 5.41) is 1.02. The van der Waals surface area contributed by atoms with Crippen molar-refractivity contribution in [1.29, 1.82) is 0 Å². The van der Waals surface area contributed by atoms with E-state index in [4.69, 9.17) is 9.72 Å². The molecule has 1 aromatic heterocycles. The summed E-state index contributed by atoms with van der Waals surface area (Å²) in [7, 11) is -1.65. The zero-order chi connectivity index (χ0) is 28.8. The van der Waals surface area contributed by atoms with E-state index in [0.29, 0.717) is 0 Å². The summed E-state index contributed by atoms with van der Waals surface area (Å²) in [6.45, 7) is 0. The number of hydrogen-bond donors (Lipinski definition) is 0. The first kappa shape index (κ1) is 26.3. The van der Waals surface area contributed by atoms with Crippen LogP contribution in [0.25, 0.3) is 33.3 Å². The number of fused-ring (bicyclic) bond motifs is 3. The Morgan fingerprint density at radius 2 is 1.29 bits per heavy atom. The van der Waals surface area contributed by atoms with Gasteiger partial charge in [0.1, 0.15) is 5.75 Å². The monoisotopic (exact) mass is 586 g/mol. The first-order valence-corrected chi connectivity index (χ1v) is 16.2. The minimum Gasteiger partial charge on any atom is -0.497 e. The van der Waals surface area contributed by atoms with E-state index in [2.05, 4.69) is 89.8 Å². The van der Waals surface area contributed by atoms with Gasteiger partial charge in [-0.25, -0.2) is 13.4 Å². The molecule has 7 rings (SSSR count). The van der Waals surface area contributed by atoms with Gasteiger partial charge in [0.2, 0.25) is 0 Å². The Hall–Kier alpha value is -4.59. The third-order valence-electron chi connectivity index (χ3n) is 7.47. The topological polar surface area (TPSA) is 59.5 Å². The van der Waals surface area contributed by atoms with Gasteiger partial charge in [0.15, 0.2) is 9.84 Å². The van der Waals surface area contributed by atoms with Crippen LogP contribution in [0, 0.1) is 0 Å². The van der Waals surface area contributed by atoms with E-state index < -0.39 is 9.84 Å². The molecule has 2 heterocycles. The minimum absolute atomic E-state index is 0.280. The second-order valence-corrected chi connectivity index (χ2v) is 13.2. The predicted octanol–water partition coefficient (Wildman–Crippen LogP) is 8.92. The standard InChI is InChI=1S/C35H26N2O3S2/c1-40-25-18-14-23(15-19-25)28-22-29(24-16-20-26(21-17-24)42(2,38)39)36-35-27(28)8-7-11-32(35)37-30-9-3-5-12-33(30)41-34-13-6-4-10-31(34)37/h3-22H,1-2H3. The first-order valence-electron chi connectivity index (χ1n) is 13.5. The third-order valence-corrected chi connectivity index (χ3v) is 9.73. The lowest BCUT2D eigenvalue weighted by Gasteiger charge is -2.33. The summed E-state index contributed by atoms with van der Waals surface area (Å²) >= 11 is 1.77. The molecule has 0 unspecified atom stereocenters. The van der Waals surface area contributed by atoms with Crippen molar-refractivity contribution in [2.24, 2.45) is 0 Å². The molecule has 1 aliphatic heterocycles. The molecule has 0 aliphatic carbocycles. The molecule has 7 heteroatoms. The second-order valence-electron chi connectivity index (χ2n) is 10.1. The quantitative estimate of drug-likeness (QED) is 0.201. The van der Waals surface area contributed by atoms with Crippen molar-refractivity contribution in [1.82, 2.24) is 4.98 Å². The van der Waals surface area contributed by atoms with Crippen molar-refractivity contribution in [3.63, 3.8) is 0 Å². The maximum Gasteiger partial charge on any atom is 0.175 e. The van der Waals surface area contributed by atoms with Gasteiger partial charge < -0.3 is 9.64 Å². The van der Waals surface area contributed by atoms with Crippen LogP contribution in [0.3, 0.4) is 0 Å². The number of sulfone groups is 1. The Labute approximate surface area is 249 Å². The number of nitrogens with zero attached hydrogens (tertiary/aromatic N) is 2. The van der Waals surface area contributed by atoms with Crippen molar-refractivity contribution in [3.05, 3.63) is 121 Å². The molecule has 0 spiro atoms. The highest BCUT2D eigenvalue weighted by Gasteiger charge is 2.26. The maximum atomic E-state index is 12.1. The van der Waals surface area contributed by atoms with Gasteiger partial charge in [0.05, 0.1) is 40.3 Å². The highest BCUT2D eigenvalue weighted by molar-refractivity contribution is 7.99. The summed E-state index contributed by atoms with van der Waals surface area (Å²) in [4.78, 5) is 10.2. The molecule has 6 aromatic rings. The van der Waals surface area contributed by atoms with E-state index in [0.717, 1.165) is 56.1 Å². The third kappa shape index (κ3) is 4.61. The van der Waals surface area contributed by atoms with E-state index in [1.807, 2.05) is 24.3 Å². The number of hydrogen-bond acceptors (Lipinski definition) is 6. The molecule has 0 atom stereocenters. The largest absolute Gasteiger partial charge is 0.497 e. The SMILES string of the molecule is COc1ccc(-c2cc(-c3ccc(S(C)(=O)=O)cc3)nc3c(N4c5ccccc5Sc5ccccc54)cccc23)cc1. The van der Waals surface area contributed by atoms with Gasteiger partial charge in [0.25, 0.3) is 0 Å². The first-order chi connectivity index (χ1) is 20.4. The lowest BCUT2D eigenvalue weighted by molar-refractivity contribution is 0.415. The average molecular weight is 587 g/mol. The molecule has 5 aromatic carbocycles. The Bertz CT molecular complexity index is 2030. The Morgan fingerprint density at radius 1 is 0.690 bits per heavy atom. The van der Waals surface area contributed by atoms with E-state index in [1.165, 1.54) is 16.0 Å². The number of methoxy groups -OCH3 is 1. The van der Waals surface area contributed by atoms with Gasteiger partial charge >= 0.3 is 0 Å². The fourth-order valence-electron chi connectivity index (χ4n) is 5.41. The van der Waals surface area contributed by atoms with Crippen LogP contribution >= 0.6 is 11.8 Å². The summed E-state index contributed by atoms with van der Waals surface area (Å²) in [6, 6.07) is 40.2. The number of rotatable bonds is 5. The van der Waals surface area contributed by atoms with Crippen molar-refractivity contribution in [2.75, 3.05) is 18.3 Å². The molecule has 0 radical (unpaired) electrons. The summed E-state index contributed by atoms with van der Waals surface area (Å²) in [6.07, 6.45) is 1.22. The maximum absolute atomic E-state index is 12.1. The number of aromatic nitrogens is 1. The van der Waals surface area contributed by atoms with Gasteiger partial charge in [-0.15, -0.1) is 0 Å². The lowest BCUT2D eigenvalue weighted by Crippen LogP contribution is -2.15. The van der Waals surface area contributed by atoms with Gasteiger partial charge in [-0.1, -0.05) is 72.4 Å². The second kappa shape index (κ2) is 10.4. The van der Waals surface area contributed by atoms with E-state index in [1.54, 1.807) is 31.0 Å². The van der Waals surface area contributed by atoms with Gasteiger partial charge in [-0.05, 0) is 71.8 Å². The highest BCUT2D eigenvalue weighted by Crippen LogP contribution is 2.52. The van der Waals surface area contributed by atoms with Gasteiger partial charge in [-0.2, -0.15) is 0 Å². The van der Waals surface area contributed by atoms with Crippen molar-refractivity contribution < 1.29 is 13.2 Å². The minimum atomic E-state index is -3.31. The summed E-state index contributed by atoms with van der Waals surface area (Å²) < 4.78 is 29.7. The van der Waals surface area contributed by atoms with E-state index in [9.17, 15) is 8.42 Å². The molecule has 0 fully saturated rings. The number of anilines is 3. The lowest BCUT2D eigenvalue weighted by atomic mass is 9.97. The molecule has 206 valence electrons. The Balaban J connectivity index is 1.51. The summed E-state index contributed by atoms with van der Waals surface area (Å²) in [5.74, 6) is 0.786. The smallest absolute Gasteiger partial charge is 0.175 e. The average Bonchev–Trinajstić information content (AvgIpc) is 3.02.